The predicted octanol–water partition coefficient (Wildman–Crippen LogP) is 1.27. The van der Waals surface area contributed by atoms with Gasteiger partial charge in [-0.2, -0.15) is 0 Å². The second-order valence-electron chi connectivity index (χ2n) is 3.08. The molecule has 1 rings (SSSR count). The monoisotopic (exact) mass is 246 g/mol. The van der Waals surface area contributed by atoms with Gasteiger partial charge < -0.3 is 15.2 Å². The lowest BCUT2D eigenvalue weighted by molar-refractivity contribution is 0.0592. The summed E-state index contributed by atoms with van der Waals surface area (Å²) < 4.78 is 34.7. The first-order chi connectivity index (χ1) is 8.04. The molecule has 1 heterocycles. The summed E-state index contributed by atoms with van der Waals surface area (Å²) >= 11 is 0. The van der Waals surface area contributed by atoms with Crippen LogP contribution in [0.1, 0.15) is 28.2 Å². The molecule has 5 nitrogen and oxygen atoms in total. The Labute approximate surface area is 96.5 Å². The van der Waals surface area contributed by atoms with Gasteiger partial charge in [0.1, 0.15) is 11.4 Å². The molecule has 0 aliphatic rings. The standard InChI is InChI=1S/C10H12F2N2O3/c1-16-8-5(4-13)3-6(10(15)17-2)14-7(8)9(11)12/h3,9H,4,13H2,1-2H3. The Balaban J connectivity index is 3.40. The number of pyridine rings is 1. The number of ether oxygens (including phenoxy) is 2. The molecule has 0 radical (unpaired) electrons. The minimum Gasteiger partial charge on any atom is -0.494 e. The van der Waals surface area contributed by atoms with E-state index in [9.17, 15) is 13.6 Å². The number of alkyl halides is 2. The predicted molar refractivity (Wildman–Crippen MR) is 55.0 cm³/mol. The Morgan fingerprint density at radius 1 is 1.53 bits per heavy atom. The highest BCUT2D eigenvalue weighted by molar-refractivity contribution is 5.87. The number of carbonyl (C=O) groups excluding carboxylic acids is 1. The minimum atomic E-state index is -2.86. The van der Waals surface area contributed by atoms with E-state index in [1.54, 1.807) is 0 Å². The molecule has 0 fully saturated rings. The van der Waals surface area contributed by atoms with Crippen LogP contribution < -0.4 is 10.5 Å². The van der Waals surface area contributed by atoms with Crippen LogP contribution in [0.2, 0.25) is 0 Å². The maximum atomic E-state index is 12.7. The zero-order chi connectivity index (χ0) is 13.0. The van der Waals surface area contributed by atoms with Crippen LogP contribution in [0.25, 0.3) is 0 Å². The second kappa shape index (κ2) is 5.53. The first kappa shape index (κ1) is 13.3. The van der Waals surface area contributed by atoms with Crippen molar-refractivity contribution in [3.63, 3.8) is 0 Å². The van der Waals surface area contributed by atoms with Crippen LogP contribution >= 0.6 is 0 Å². The second-order valence-corrected chi connectivity index (χ2v) is 3.08. The maximum absolute atomic E-state index is 12.7. The summed E-state index contributed by atoms with van der Waals surface area (Å²) in [5.41, 5.74) is 4.84. The Morgan fingerprint density at radius 2 is 2.18 bits per heavy atom. The molecule has 1 aromatic heterocycles. The van der Waals surface area contributed by atoms with Crippen LogP contribution in [-0.2, 0) is 11.3 Å². The third-order valence-electron chi connectivity index (χ3n) is 2.10. The van der Waals surface area contributed by atoms with E-state index in [0.717, 1.165) is 7.11 Å². The van der Waals surface area contributed by atoms with E-state index in [1.165, 1.54) is 13.2 Å². The van der Waals surface area contributed by atoms with Crippen molar-refractivity contribution in [3.8, 4) is 5.75 Å². The van der Waals surface area contributed by atoms with Crippen molar-refractivity contribution in [1.29, 1.82) is 0 Å². The molecule has 0 amide bonds. The van der Waals surface area contributed by atoms with Crippen molar-refractivity contribution in [2.75, 3.05) is 14.2 Å². The SMILES string of the molecule is COC(=O)c1cc(CN)c(OC)c(C(F)F)n1. The lowest BCUT2D eigenvalue weighted by atomic mass is 10.1. The third kappa shape index (κ3) is 2.68. The normalized spacial score (nSPS) is 10.5. The fraction of sp³-hybridized carbons (Fsp3) is 0.400. The molecule has 0 saturated carbocycles. The highest BCUT2D eigenvalue weighted by Crippen LogP contribution is 2.31. The smallest absolute Gasteiger partial charge is 0.356 e. The average molecular weight is 246 g/mol. The summed E-state index contributed by atoms with van der Waals surface area (Å²) in [7, 11) is 2.37. The van der Waals surface area contributed by atoms with E-state index in [1.807, 2.05) is 0 Å². The average Bonchev–Trinajstić information content (AvgIpc) is 2.35. The van der Waals surface area contributed by atoms with Gasteiger partial charge in [0.2, 0.25) is 0 Å². The van der Waals surface area contributed by atoms with E-state index in [0.29, 0.717) is 0 Å². The first-order valence-electron chi connectivity index (χ1n) is 4.69. The minimum absolute atomic E-state index is 0.0462. The Bertz CT molecular complexity index is 424. The number of methoxy groups -OCH3 is 2. The molecule has 7 heteroatoms. The van der Waals surface area contributed by atoms with Gasteiger partial charge in [-0.15, -0.1) is 0 Å². The van der Waals surface area contributed by atoms with E-state index in [-0.39, 0.29) is 23.6 Å². The topological polar surface area (TPSA) is 74.4 Å². The quantitative estimate of drug-likeness (QED) is 0.810. The highest BCUT2D eigenvalue weighted by Gasteiger charge is 2.22. The van der Waals surface area contributed by atoms with Crippen LogP contribution in [0.15, 0.2) is 6.07 Å². The molecular weight excluding hydrogens is 234 g/mol. The largest absolute Gasteiger partial charge is 0.494 e. The summed E-state index contributed by atoms with van der Waals surface area (Å²) in [5.74, 6) is -0.903. The van der Waals surface area contributed by atoms with Crippen molar-refractivity contribution in [3.05, 3.63) is 23.0 Å². The molecule has 0 bridgehead atoms. The summed E-state index contributed by atoms with van der Waals surface area (Å²) in [6.07, 6.45) is -2.86. The van der Waals surface area contributed by atoms with Gasteiger partial charge in [0.25, 0.3) is 6.43 Å². The Kier molecular flexibility index (Phi) is 4.33. The van der Waals surface area contributed by atoms with Crippen molar-refractivity contribution in [2.24, 2.45) is 5.73 Å². The summed E-state index contributed by atoms with van der Waals surface area (Å²) in [6.45, 7) is -0.0462. The van der Waals surface area contributed by atoms with Gasteiger partial charge in [-0.25, -0.2) is 18.6 Å². The number of rotatable bonds is 4. The molecule has 0 aliphatic carbocycles. The number of nitrogens with two attached hydrogens (primary N) is 1. The van der Waals surface area contributed by atoms with E-state index < -0.39 is 18.1 Å². The van der Waals surface area contributed by atoms with Crippen LogP contribution in [0.4, 0.5) is 8.78 Å². The van der Waals surface area contributed by atoms with Crippen LogP contribution in [0.3, 0.4) is 0 Å². The van der Waals surface area contributed by atoms with Gasteiger partial charge in [-0.05, 0) is 6.07 Å². The van der Waals surface area contributed by atoms with Crippen molar-refractivity contribution >= 4 is 5.97 Å². The maximum Gasteiger partial charge on any atom is 0.356 e. The van der Waals surface area contributed by atoms with Gasteiger partial charge in [0, 0.05) is 12.1 Å². The van der Waals surface area contributed by atoms with Crippen molar-refractivity contribution < 1.29 is 23.0 Å². The number of carbonyl (C=O) groups is 1. The third-order valence-corrected chi connectivity index (χ3v) is 2.10. The van der Waals surface area contributed by atoms with Crippen LogP contribution in [-0.4, -0.2) is 25.2 Å². The molecule has 0 aromatic carbocycles. The van der Waals surface area contributed by atoms with E-state index in [4.69, 9.17) is 10.5 Å². The summed E-state index contributed by atoms with van der Waals surface area (Å²) in [5, 5.41) is 0. The fourth-order valence-electron chi connectivity index (χ4n) is 1.35. The number of hydrogen-bond acceptors (Lipinski definition) is 5. The first-order valence-corrected chi connectivity index (χ1v) is 4.69. The molecule has 0 atom stereocenters. The molecule has 94 valence electrons. The Morgan fingerprint density at radius 3 is 2.59 bits per heavy atom. The fourth-order valence-corrected chi connectivity index (χ4v) is 1.35. The van der Waals surface area contributed by atoms with E-state index in [2.05, 4.69) is 9.72 Å². The number of nitrogens with zero attached hydrogens (tertiary/aromatic N) is 1. The lowest BCUT2D eigenvalue weighted by Gasteiger charge is -2.12. The van der Waals surface area contributed by atoms with Crippen LogP contribution in [0, 0.1) is 0 Å². The number of aromatic nitrogens is 1. The zero-order valence-corrected chi connectivity index (χ0v) is 9.37. The molecule has 0 aliphatic heterocycles. The molecule has 0 spiro atoms. The summed E-state index contributed by atoms with van der Waals surface area (Å²) in [6, 6.07) is 1.27. The molecule has 1 aromatic rings. The zero-order valence-electron chi connectivity index (χ0n) is 9.37. The molecule has 0 unspecified atom stereocenters. The van der Waals surface area contributed by atoms with Crippen molar-refractivity contribution in [1.82, 2.24) is 4.98 Å². The summed E-state index contributed by atoms with van der Waals surface area (Å²) in [4.78, 5) is 14.8. The highest BCUT2D eigenvalue weighted by atomic mass is 19.3. The number of hydrogen-bond donors (Lipinski definition) is 1. The van der Waals surface area contributed by atoms with Gasteiger partial charge in [-0.3, -0.25) is 0 Å². The molecule has 2 N–H and O–H groups in total. The lowest BCUT2D eigenvalue weighted by Crippen LogP contribution is -2.12. The molecule has 0 saturated heterocycles. The van der Waals surface area contributed by atoms with Gasteiger partial charge in [0.05, 0.1) is 14.2 Å². The van der Waals surface area contributed by atoms with Gasteiger partial charge in [0.15, 0.2) is 5.75 Å². The van der Waals surface area contributed by atoms with E-state index >= 15 is 0 Å². The molecular formula is C10H12F2N2O3. The van der Waals surface area contributed by atoms with Crippen LogP contribution in [0.5, 0.6) is 5.75 Å². The number of esters is 1. The van der Waals surface area contributed by atoms with Gasteiger partial charge in [-0.1, -0.05) is 0 Å². The molecule has 17 heavy (non-hydrogen) atoms. The Hall–Kier alpha value is -1.76. The number of halogens is 2. The van der Waals surface area contributed by atoms with Gasteiger partial charge >= 0.3 is 5.97 Å². The van der Waals surface area contributed by atoms with Crippen molar-refractivity contribution in [2.45, 2.75) is 13.0 Å².